The summed E-state index contributed by atoms with van der Waals surface area (Å²) in [6, 6.07) is 110. The van der Waals surface area contributed by atoms with E-state index in [4.69, 9.17) is 9.97 Å². The molecule has 6 heteroatoms. The van der Waals surface area contributed by atoms with Crippen molar-refractivity contribution >= 4 is 75.5 Å². The zero-order chi connectivity index (χ0) is 54.9. The van der Waals surface area contributed by atoms with Crippen LogP contribution in [0.1, 0.15) is 0 Å². The molecule has 0 fully saturated rings. The van der Waals surface area contributed by atoms with E-state index in [1.165, 1.54) is 81.1 Å². The van der Waals surface area contributed by atoms with Crippen LogP contribution in [0.15, 0.2) is 304 Å². The Balaban J connectivity index is 0.000000122. The molecule has 16 rings (SSSR count). The fourth-order valence-electron chi connectivity index (χ4n) is 10.7. The van der Waals surface area contributed by atoms with Crippen molar-refractivity contribution in [2.75, 3.05) is 0 Å². The molecule has 4 nitrogen and oxygen atoms in total. The van der Waals surface area contributed by atoms with Crippen LogP contribution < -0.4 is 0 Å². The summed E-state index contributed by atoms with van der Waals surface area (Å²) in [6.07, 6.45) is 5.80. The molecular weight excluding hydrogens is 1380 g/mol. The Morgan fingerprint density at radius 3 is 1.15 bits per heavy atom. The average Bonchev–Trinajstić information content (AvgIpc) is 1.43. The van der Waals surface area contributed by atoms with E-state index in [1.807, 2.05) is 134 Å². The summed E-state index contributed by atoms with van der Waals surface area (Å²) < 4.78 is 0. The van der Waals surface area contributed by atoms with Gasteiger partial charge in [-0.3, -0.25) is 4.98 Å². The monoisotopic (exact) mass is 1430 g/mol. The molecule has 0 unspecified atom stereocenters. The maximum absolute atomic E-state index is 4.84. The third-order valence-electron chi connectivity index (χ3n) is 14.7. The van der Waals surface area contributed by atoms with Crippen molar-refractivity contribution in [3.05, 3.63) is 328 Å². The van der Waals surface area contributed by atoms with Crippen LogP contribution in [0.3, 0.4) is 0 Å². The Morgan fingerprint density at radius 1 is 0.238 bits per heavy atom. The number of para-hydroxylation sites is 1. The van der Waals surface area contributed by atoms with E-state index in [-0.39, 0.29) is 40.2 Å². The number of fused-ring (bicyclic) bond motifs is 13. The predicted octanol–water partition coefficient (Wildman–Crippen LogP) is 19.9. The van der Waals surface area contributed by atoms with Crippen LogP contribution in [0.5, 0.6) is 0 Å². The van der Waals surface area contributed by atoms with Crippen LogP contribution in [0.2, 0.25) is 0 Å². The van der Waals surface area contributed by atoms with E-state index < -0.39 is 0 Å². The van der Waals surface area contributed by atoms with Crippen molar-refractivity contribution in [3.63, 3.8) is 0 Å². The molecule has 0 atom stereocenters. The summed E-state index contributed by atoms with van der Waals surface area (Å²) >= 11 is 0. The summed E-state index contributed by atoms with van der Waals surface area (Å²) in [7, 11) is 0. The largest absolute Gasteiger partial charge is 0.305 e. The van der Waals surface area contributed by atoms with Gasteiger partial charge in [-0.2, -0.15) is 0 Å². The Morgan fingerprint density at radius 2 is 0.655 bits per heavy atom. The van der Waals surface area contributed by atoms with Crippen molar-refractivity contribution in [1.82, 2.24) is 19.9 Å². The minimum absolute atomic E-state index is 0. The first kappa shape index (κ1) is 56.2. The van der Waals surface area contributed by atoms with Gasteiger partial charge in [-0.25, -0.2) is 0 Å². The SMILES string of the molecule is [Ir].[Ir].[c-]1ccc(-c2ccccc2)cc1-c1cc2c3ccccc3c3ccccc3c2cn1.[c-]1ccccc1-c1cc2c3ccccc3c3ccccc3c2cn1.[c-]1ccccc1-c1ccc2ccccc2n1.[c-]1ccccc1-c1ccccn1. The molecule has 4 aromatic heterocycles. The summed E-state index contributed by atoms with van der Waals surface area (Å²) in [4.78, 5) is 18.4. The maximum Gasteiger partial charge on any atom is 0.0595 e. The smallest absolute Gasteiger partial charge is 0.0595 e. The van der Waals surface area contributed by atoms with Crippen molar-refractivity contribution in [2.45, 2.75) is 0 Å². The molecule has 0 aliphatic rings. The first-order chi connectivity index (χ1) is 40.7. The first-order valence-corrected chi connectivity index (χ1v) is 27.3. The second-order valence-electron chi connectivity index (χ2n) is 19.7. The van der Waals surface area contributed by atoms with Crippen molar-refractivity contribution < 1.29 is 40.2 Å². The van der Waals surface area contributed by atoms with Crippen molar-refractivity contribution in [2.24, 2.45) is 0 Å². The molecule has 2 radical (unpaired) electrons. The average molecular weight is 1430 g/mol. The Hall–Kier alpha value is -9.64. The number of hydrogen-bond acceptors (Lipinski definition) is 4. The van der Waals surface area contributed by atoms with Gasteiger partial charge in [0.2, 0.25) is 0 Å². The molecule has 404 valence electrons. The molecule has 0 aliphatic heterocycles. The topological polar surface area (TPSA) is 51.6 Å². The summed E-state index contributed by atoms with van der Waals surface area (Å²) in [5, 5.41) is 16.2. The molecule has 84 heavy (non-hydrogen) atoms. The standard InChI is InChI=1S/C29H18N.C23H14N.C15H10N.C11H8N.2Ir/c1-2-9-20(10-3-1)21-11-8-12-22(17-21)29-18-27-25-15-6-4-13-23(25)24-14-5-7-16-26(24)28(27)19-30-29;1-2-8-16(9-3-1)23-14-21-19-12-6-4-10-17(19)18-11-5-7-13-20(18)22(21)15-24-23;1-2-6-12(7-3-1)15-11-10-13-8-4-5-9-14(13)16-15;1-2-6-10(7-3-1)11-8-4-5-9-12-11;;/h1-11,13-19H;1-8,10-15H;1-6,8-11H;1-6,8-9H;;/q4*-1;;. The van der Waals surface area contributed by atoms with Crippen LogP contribution in [-0.2, 0) is 40.2 Å². The summed E-state index contributed by atoms with van der Waals surface area (Å²) in [6.45, 7) is 0. The Kier molecular flexibility index (Phi) is 17.7. The normalized spacial score (nSPS) is 10.7. The maximum atomic E-state index is 4.84. The quantitative estimate of drug-likeness (QED) is 0.127. The van der Waals surface area contributed by atoms with Crippen LogP contribution in [0, 0.1) is 24.3 Å². The van der Waals surface area contributed by atoms with Crippen LogP contribution in [0.4, 0.5) is 0 Å². The van der Waals surface area contributed by atoms with Crippen molar-refractivity contribution in [1.29, 1.82) is 0 Å². The molecule has 0 aliphatic carbocycles. The van der Waals surface area contributed by atoms with E-state index in [1.54, 1.807) is 6.20 Å². The van der Waals surface area contributed by atoms with E-state index in [9.17, 15) is 0 Å². The molecule has 0 N–H and O–H groups in total. The van der Waals surface area contributed by atoms with Crippen LogP contribution in [0.25, 0.3) is 132 Å². The molecule has 0 saturated heterocycles. The van der Waals surface area contributed by atoms with E-state index in [2.05, 4.69) is 198 Å². The van der Waals surface area contributed by atoms with E-state index in [0.29, 0.717) is 0 Å². The zero-order valence-corrected chi connectivity index (χ0v) is 50.1. The van der Waals surface area contributed by atoms with Gasteiger partial charge in [0.05, 0.1) is 5.52 Å². The number of rotatable bonds is 5. The molecular formula is C78H50Ir2N4-4. The second-order valence-corrected chi connectivity index (χ2v) is 19.7. The van der Waals surface area contributed by atoms with Gasteiger partial charge < -0.3 is 15.0 Å². The number of aromatic nitrogens is 4. The van der Waals surface area contributed by atoms with Crippen LogP contribution >= 0.6 is 0 Å². The fourth-order valence-corrected chi connectivity index (χ4v) is 10.7. The van der Waals surface area contributed by atoms with Crippen LogP contribution in [-0.4, -0.2) is 19.9 Å². The summed E-state index contributed by atoms with van der Waals surface area (Å²) in [5.41, 5.74) is 11.4. The minimum atomic E-state index is 0. The first-order valence-electron chi connectivity index (χ1n) is 27.3. The number of benzene rings is 12. The van der Waals surface area contributed by atoms with Gasteiger partial charge in [-0.15, -0.1) is 143 Å². The molecule has 0 amide bonds. The van der Waals surface area contributed by atoms with Gasteiger partial charge >= 0.3 is 0 Å². The summed E-state index contributed by atoms with van der Waals surface area (Å²) in [5.74, 6) is 0. The third kappa shape index (κ3) is 12.1. The number of hydrogen-bond donors (Lipinski definition) is 0. The Bertz CT molecular complexity index is 4750. The molecule has 0 saturated carbocycles. The molecule has 0 bridgehead atoms. The van der Waals surface area contributed by atoms with Gasteiger partial charge in [0.1, 0.15) is 0 Å². The van der Waals surface area contributed by atoms with Gasteiger partial charge in [0, 0.05) is 69.6 Å². The number of nitrogens with zero attached hydrogens (tertiary/aromatic N) is 4. The second kappa shape index (κ2) is 26.5. The van der Waals surface area contributed by atoms with Gasteiger partial charge in [0.15, 0.2) is 0 Å². The molecule has 16 aromatic rings. The van der Waals surface area contributed by atoms with Crippen molar-refractivity contribution in [3.8, 4) is 56.2 Å². The van der Waals surface area contributed by atoms with Gasteiger partial charge in [0.25, 0.3) is 0 Å². The predicted molar refractivity (Wildman–Crippen MR) is 342 cm³/mol. The third-order valence-corrected chi connectivity index (χ3v) is 14.7. The zero-order valence-electron chi connectivity index (χ0n) is 45.3. The fraction of sp³-hybridized carbons (Fsp3) is 0. The van der Waals surface area contributed by atoms with Gasteiger partial charge in [-0.1, -0.05) is 182 Å². The number of pyridine rings is 4. The van der Waals surface area contributed by atoms with E-state index in [0.717, 1.165) is 50.5 Å². The Labute approximate surface area is 516 Å². The van der Waals surface area contributed by atoms with Gasteiger partial charge in [-0.05, 0) is 99.7 Å². The minimum Gasteiger partial charge on any atom is -0.305 e. The molecule has 12 aromatic carbocycles. The van der Waals surface area contributed by atoms with E-state index >= 15 is 0 Å². The molecule has 0 spiro atoms. The molecule has 4 heterocycles.